The standard InChI is InChI=1S/C10H17N3OS/c14-7-9(10-12-5-6-15-10)13-8-1-3-11-4-2-8/h5-6,8-9,11,13-14H,1-4,7H2. The lowest BCUT2D eigenvalue weighted by atomic mass is 10.1. The summed E-state index contributed by atoms with van der Waals surface area (Å²) in [7, 11) is 0. The van der Waals surface area contributed by atoms with Crippen molar-refractivity contribution in [2.75, 3.05) is 19.7 Å². The predicted octanol–water partition coefficient (Wildman–Crippen LogP) is 0.518. The van der Waals surface area contributed by atoms with Crippen molar-refractivity contribution in [1.29, 1.82) is 0 Å². The molecule has 0 amide bonds. The Balaban J connectivity index is 1.90. The molecule has 0 aromatic carbocycles. The van der Waals surface area contributed by atoms with Gasteiger partial charge in [0.2, 0.25) is 0 Å². The van der Waals surface area contributed by atoms with E-state index in [1.807, 2.05) is 5.38 Å². The van der Waals surface area contributed by atoms with E-state index in [4.69, 9.17) is 0 Å². The zero-order valence-corrected chi connectivity index (χ0v) is 9.46. The summed E-state index contributed by atoms with van der Waals surface area (Å²) in [5.41, 5.74) is 0. The van der Waals surface area contributed by atoms with Crippen molar-refractivity contribution in [3.63, 3.8) is 0 Å². The molecule has 1 aromatic heterocycles. The molecule has 84 valence electrons. The molecule has 2 heterocycles. The number of piperidine rings is 1. The zero-order valence-electron chi connectivity index (χ0n) is 8.65. The van der Waals surface area contributed by atoms with Crippen LogP contribution in [0.4, 0.5) is 0 Å². The maximum atomic E-state index is 9.32. The summed E-state index contributed by atoms with van der Waals surface area (Å²) < 4.78 is 0. The van der Waals surface area contributed by atoms with E-state index in [0.717, 1.165) is 30.9 Å². The van der Waals surface area contributed by atoms with Crippen LogP contribution in [0.1, 0.15) is 23.9 Å². The number of nitrogens with one attached hydrogen (secondary N) is 2. The molecule has 1 unspecified atom stereocenters. The maximum Gasteiger partial charge on any atom is 0.112 e. The summed E-state index contributed by atoms with van der Waals surface area (Å²) in [6.45, 7) is 2.25. The third-order valence-electron chi connectivity index (χ3n) is 2.71. The minimum atomic E-state index is 0.00750. The molecule has 0 bridgehead atoms. The first kappa shape index (κ1) is 11.0. The third-order valence-corrected chi connectivity index (χ3v) is 3.60. The number of rotatable bonds is 4. The Hall–Kier alpha value is -0.490. The first-order valence-corrected chi connectivity index (χ1v) is 6.25. The predicted molar refractivity (Wildman–Crippen MR) is 61.0 cm³/mol. The number of aromatic nitrogens is 1. The van der Waals surface area contributed by atoms with Crippen LogP contribution < -0.4 is 10.6 Å². The van der Waals surface area contributed by atoms with Crippen LogP contribution in [0.3, 0.4) is 0 Å². The molecule has 0 radical (unpaired) electrons. The van der Waals surface area contributed by atoms with Gasteiger partial charge >= 0.3 is 0 Å². The summed E-state index contributed by atoms with van der Waals surface area (Å²) in [5.74, 6) is 0. The molecule has 1 aliphatic heterocycles. The lowest BCUT2D eigenvalue weighted by molar-refractivity contribution is 0.222. The number of aliphatic hydroxyl groups is 1. The summed E-state index contributed by atoms with van der Waals surface area (Å²) in [6.07, 6.45) is 4.04. The molecule has 15 heavy (non-hydrogen) atoms. The van der Waals surface area contributed by atoms with E-state index in [-0.39, 0.29) is 12.6 Å². The Morgan fingerprint density at radius 2 is 2.40 bits per heavy atom. The summed E-state index contributed by atoms with van der Waals surface area (Å²) in [6, 6.07) is 0.514. The van der Waals surface area contributed by atoms with Crippen LogP contribution in [-0.2, 0) is 0 Å². The van der Waals surface area contributed by atoms with E-state index in [1.165, 1.54) is 0 Å². The first-order valence-electron chi connectivity index (χ1n) is 5.37. The number of hydrogen-bond acceptors (Lipinski definition) is 5. The first-order chi connectivity index (χ1) is 7.40. The Morgan fingerprint density at radius 1 is 1.60 bits per heavy atom. The van der Waals surface area contributed by atoms with Crippen LogP contribution in [0.25, 0.3) is 0 Å². The van der Waals surface area contributed by atoms with Crippen molar-refractivity contribution in [1.82, 2.24) is 15.6 Å². The van der Waals surface area contributed by atoms with Crippen molar-refractivity contribution in [2.24, 2.45) is 0 Å². The molecular weight excluding hydrogens is 210 g/mol. The molecule has 0 saturated carbocycles. The maximum absolute atomic E-state index is 9.32. The fourth-order valence-corrected chi connectivity index (χ4v) is 2.57. The lowest BCUT2D eigenvalue weighted by Gasteiger charge is -2.27. The average molecular weight is 227 g/mol. The van der Waals surface area contributed by atoms with Crippen molar-refractivity contribution < 1.29 is 5.11 Å². The van der Waals surface area contributed by atoms with Gasteiger partial charge in [-0.3, -0.25) is 0 Å². The van der Waals surface area contributed by atoms with Gasteiger partial charge in [0.15, 0.2) is 0 Å². The monoisotopic (exact) mass is 227 g/mol. The quantitative estimate of drug-likeness (QED) is 0.702. The van der Waals surface area contributed by atoms with E-state index in [9.17, 15) is 5.11 Å². The van der Waals surface area contributed by atoms with Crippen LogP contribution in [-0.4, -0.2) is 35.8 Å². The highest BCUT2D eigenvalue weighted by Crippen LogP contribution is 2.17. The highest BCUT2D eigenvalue weighted by molar-refractivity contribution is 7.09. The molecule has 0 aliphatic carbocycles. The molecule has 5 heteroatoms. The molecule has 3 N–H and O–H groups in total. The number of thiazole rings is 1. The van der Waals surface area contributed by atoms with E-state index in [2.05, 4.69) is 15.6 Å². The van der Waals surface area contributed by atoms with Crippen LogP contribution in [0.15, 0.2) is 11.6 Å². The minimum Gasteiger partial charge on any atom is -0.394 e. The van der Waals surface area contributed by atoms with Gasteiger partial charge in [0.25, 0.3) is 0 Å². The molecule has 1 fully saturated rings. The van der Waals surface area contributed by atoms with Gasteiger partial charge in [-0.25, -0.2) is 4.98 Å². The minimum absolute atomic E-state index is 0.00750. The normalized spacial score (nSPS) is 20.3. The van der Waals surface area contributed by atoms with E-state index >= 15 is 0 Å². The summed E-state index contributed by atoms with van der Waals surface area (Å²) in [5, 5.41) is 19.0. The number of aliphatic hydroxyl groups excluding tert-OH is 1. The van der Waals surface area contributed by atoms with Gasteiger partial charge in [-0.15, -0.1) is 11.3 Å². The summed E-state index contributed by atoms with van der Waals surface area (Å²) >= 11 is 1.59. The van der Waals surface area contributed by atoms with E-state index in [1.54, 1.807) is 17.5 Å². The van der Waals surface area contributed by atoms with Crippen LogP contribution >= 0.6 is 11.3 Å². The molecule has 2 rings (SSSR count). The van der Waals surface area contributed by atoms with Gasteiger partial charge in [0.05, 0.1) is 12.6 Å². The fourth-order valence-electron chi connectivity index (χ4n) is 1.88. The molecule has 1 atom stereocenters. The Labute approximate surface area is 93.7 Å². The molecule has 1 saturated heterocycles. The second-order valence-corrected chi connectivity index (χ2v) is 4.72. The van der Waals surface area contributed by atoms with Crippen molar-refractivity contribution in [3.05, 3.63) is 16.6 Å². The second kappa shape index (κ2) is 5.55. The third kappa shape index (κ3) is 2.98. The second-order valence-electron chi connectivity index (χ2n) is 3.80. The number of nitrogens with zero attached hydrogens (tertiary/aromatic N) is 1. The number of hydrogen-bond donors (Lipinski definition) is 3. The van der Waals surface area contributed by atoms with Gasteiger partial charge in [0, 0.05) is 17.6 Å². The van der Waals surface area contributed by atoms with Crippen LogP contribution in [0, 0.1) is 0 Å². The Bertz CT molecular complexity index is 272. The van der Waals surface area contributed by atoms with Crippen LogP contribution in [0.2, 0.25) is 0 Å². The van der Waals surface area contributed by atoms with E-state index in [0.29, 0.717) is 6.04 Å². The van der Waals surface area contributed by atoms with Crippen molar-refractivity contribution >= 4 is 11.3 Å². The van der Waals surface area contributed by atoms with E-state index < -0.39 is 0 Å². The topological polar surface area (TPSA) is 57.2 Å². The van der Waals surface area contributed by atoms with Gasteiger partial charge in [-0.05, 0) is 25.9 Å². The Kier molecular flexibility index (Phi) is 4.08. The van der Waals surface area contributed by atoms with Crippen LogP contribution in [0.5, 0.6) is 0 Å². The van der Waals surface area contributed by atoms with Crippen molar-refractivity contribution in [2.45, 2.75) is 24.9 Å². The molecule has 4 nitrogen and oxygen atoms in total. The van der Waals surface area contributed by atoms with Crippen molar-refractivity contribution in [3.8, 4) is 0 Å². The average Bonchev–Trinajstić information content (AvgIpc) is 2.81. The van der Waals surface area contributed by atoms with Gasteiger partial charge in [-0.1, -0.05) is 0 Å². The van der Waals surface area contributed by atoms with Gasteiger partial charge in [0.1, 0.15) is 5.01 Å². The Morgan fingerprint density at radius 3 is 3.00 bits per heavy atom. The van der Waals surface area contributed by atoms with Gasteiger partial charge in [-0.2, -0.15) is 0 Å². The largest absolute Gasteiger partial charge is 0.394 e. The SMILES string of the molecule is OCC(NC1CCNCC1)c1nccs1. The smallest absolute Gasteiger partial charge is 0.112 e. The highest BCUT2D eigenvalue weighted by Gasteiger charge is 2.19. The molecule has 1 aromatic rings. The summed E-state index contributed by atoms with van der Waals surface area (Å²) in [4.78, 5) is 4.23. The fraction of sp³-hybridized carbons (Fsp3) is 0.700. The van der Waals surface area contributed by atoms with Gasteiger partial charge < -0.3 is 15.7 Å². The highest BCUT2D eigenvalue weighted by atomic mass is 32.1. The lowest BCUT2D eigenvalue weighted by Crippen LogP contribution is -2.42. The zero-order chi connectivity index (χ0) is 10.5. The molecule has 1 aliphatic rings. The molecular formula is C10H17N3OS. The molecule has 0 spiro atoms.